The number of hydrogen-bond acceptors (Lipinski definition) is 3. The summed E-state index contributed by atoms with van der Waals surface area (Å²) in [5.74, 6) is 0. The van der Waals surface area contributed by atoms with E-state index in [0.29, 0.717) is 0 Å². The Kier molecular flexibility index (Phi) is 6.60. The number of benzene rings is 6. The lowest BCUT2D eigenvalue weighted by molar-refractivity contribution is 1.33. The number of nitrogens with zero attached hydrogens (tertiary/aromatic N) is 3. The van der Waals surface area contributed by atoms with Crippen LogP contribution in [0.1, 0.15) is 0 Å². The molecular weight excluding hydrogens is 605 g/mol. The van der Waals surface area contributed by atoms with Crippen LogP contribution in [0.3, 0.4) is 0 Å². The molecule has 0 aliphatic carbocycles. The Bertz CT molecular complexity index is 2350. The van der Waals surface area contributed by atoms with Gasteiger partial charge in [-0.05, 0) is 92.8 Å². The number of aromatic nitrogens is 2. The van der Waals surface area contributed by atoms with Crippen molar-refractivity contribution >= 4 is 29.1 Å². The smallest absolute Gasteiger partial charge is 0.329 e. The summed E-state index contributed by atoms with van der Waals surface area (Å²) in [6, 6.07) is 61.4. The summed E-state index contributed by atoms with van der Waals surface area (Å²) in [5, 5.41) is 0. The van der Waals surface area contributed by atoms with Crippen molar-refractivity contribution in [3.05, 3.63) is 182 Å². The minimum atomic E-state index is 0.0782. The van der Waals surface area contributed by atoms with Gasteiger partial charge in [0, 0.05) is 46.0 Å². The van der Waals surface area contributed by atoms with Gasteiger partial charge in [-0.3, -0.25) is 9.97 Å². The lowest BCUT2D eigenvalue weighted by atomic mass is 9.43. The largest absolute Gasteiger partial charge is 0.376 e. The average molecular weight is 636 g/mol. The van der Waals surface area contributed by atoms with E-state index in [1.54, 1.807) is 0 Å². The number of hydrogen-bond donors (Lipinski definition) is 0. The van der Waals surface area contributed by atoms with Gasteiger partial charge in [0.15, 0.2) is 0 Å². The molecule has 0 spiro atoms. The van der Waals surface area contributed by atoms with E-state index >= 15 is 0 Å². The van der Waals surface area contributed by atoms with Crippen LogP contribution in [-0.4, -0.2) is 16.8 Å². The maximum absolute atomic E-state index is 4.54. The van der Waals surface area contributed by atoms with Gasteiger partial charge in [0.2, 0.25) is 0 Å². The highest BCUT2D eigenvalue weighted by Crippen LogP contribution is 2.47. The predicted octanol–water partition coefficient (Wildman–Crippen LogP) is 10.0. The van der Waals surface area contributed by atoms with E-state index in [0.717, 1.165) is 22.5 Å². The quantitative estimate of drug-likeness (QED) is 0.180. The summed E-state index contributed by atoms with van der Waals surface area (Å²) in [7, 11) is 0. The highest BCUT2D eigenvalue weighted by molar-refractivity contribution is 6.92. The van der Waals surface area contributed by atoms with Gasteiger partial charge in [-0.2, -0.15) is 0 Å². The highest BCUT2D eigenvalue weighted by Gasteiger charge is 2.42. The van der Waals surface area contributed by atoms with Crippen molar-refractivity contribution in [3.8, 4) is 67.0 Å². The zero-order valence-corrected chi connectivity index (χ0v) is 27.2. The summed E-state index contributed by atoms with van der Waals surface area (Å²) < 4.78 is 0. The first kappa shape index (κ1) is 28.5. The van der Waals surface area contributed by atoms with Crippen molar-refractivity contribution in [2.75, 3.05) is 4.81 Å². The molecule has 0 fully saturated rings. The second kappa shape index (κ2) is 11.6. The standard InChI is InChI=1S/C46H30BN3/c1-3-11-41-37(9-1)39-29-35(31-15-19-33(20-16-31)43-13-5-7-27-48-43)23-25-45(39)50-46-26-24-36(30-40(46)38-10-2-4-12-42(38)47(41)50)32-17-21-34(22-18-32)44-14-6-8-28-49-44/h1-30H. The van der Waals surface area contributed by atoms with Crippen LogP contribution in [0.5, 0.6) is 0 Å². The lowest BCUT2D eigenvalue weighted by Gasteiger charge is -2.43. The van der Waals surface area contributed by atoms with E-state index in [9.17, 15) is 0 Å². The topological polar surface area (TPSA) is 29.0 Å². The molecule has 6 aromatic carbocycles. The predicted molar refractivity (Wildman–Crippen MR) is 208 cm³/mol. The zero-order chi connectivity index (χ0) is 33.0. The summed E-state index contributed by atoms with van der Waals surface area (Å²) in [4.78, 5) is 11.6. The van der Waals surface area contributed by atoms with Gasteiger partial charge >= 0.3 is 6.85 Å². The molecule has 10 rings (SSSR count). The fourth-order valence-corrected chi connectivity index (χ4v) is 7.83. The minimum Gasteiger partial charge on any atom is -0.376 e. The number of pyridine rings is 2. The number of rotatable bonds is 4. The molecule has 2 aliphatic rings. The zero-order valence-electron chi connectivity index (χ0n) is 27.2. The lowest BCUT2D eigenvalue weighted by Crippen LogP contribution is -2.59. The van der Waals surface area contributed by atoms with E-state index in [-0.39, 0.29) is 6.85 Å². The van der Waals surface area contributed by atoms with Crippen molar-refractivity contribution < 1.29 is 0 Å². The van der Waals surface area contributed by atoms with Gasteiger partial charge in [-0.25, -0.2) is 0 Å². The van der Waals surface area contributed by atoms with Crippen LogP contribution >= 0.6 is 0 Å². The van der Waals surface area contributed by atoms with Gasteiger partial charge in [-0.1, -0.05) is 121 Å². The number of fused-ring (bicyclic) bond motifs is 11. The third-order valence-electron chi connectivity index (χ3n) is 10.2. The van der Waals surface area contributed by atoms with Crippen LogP contribution in [-0.2, 0) is 0 Å². The van der Waals surface area contributed by atoms with Crippen LogP contribution in [0.25, 0.3) is 67.0 Å². The second-order valence-corrected chi connectivity index (χ2v) is 13.0. The molecule has 0 N–H and O–H groups in total. The molecule has 0 atom stereocenters. The van der Waals surface area contributed by atoms with Crippen molar-refractivity contribution in [2.45, 2.75) is 0 Å². The molecule has 0 radical (unpaired) electrons. The number of anilines is 2. The van der Waals surface area contributed by atoms with E-state index in [1.807, 2.05) is 36.7 Å². The highest BCUT2D eigenvalue weighted by atomic mass is 15.1. The minimum absolute atomic E-state index is 0.0782. The molecule has 0 saturated carbocycles. The van der Waals surface area contributed by atoms with Crippen molar-refractivity contribution in [1.29, 1.82) is 0 Å². The average Bonchev–Trinajstić information content (AvgIpc) is 3.21. The van der Waals surface area contributed by atoms with E-state index in [4.69, 9.17) is 0 Å². The Labute approximate surface area is 292 Å². The van der Waals surface area contributed by atoms with Crippen LogP contribution < -0.4 is 15.7 Å². The molecule has 50 heavy (non-hydrogen) atoms. The molecule has 2 aliphatic heterocycles. The Morgan fingerprint density at radius 3 is 1.18 bits per heavy atom. The normalized spacial score (nSPS) is 12.3. The first-order chi connectivity index (χ1) is 24.8. The molecule has 4 heteroatoms. The fourth-order valence-electron chi connectivity index (χ4n) is 7.83. The molecule has 232 valence electrons. The van der Waals surface area contributed by atoms with Crippen LogP contribution in [0.2, 0.25) is 0 Å². The molecule has 4 heterocycles. The van der Waals surface area contributed by atoms with Crippen LogP contribution in [0.15, 0.2) is 182 Å². The van der Waals surface area contributed by atoms with Crippen molar-refractivity contribution in [2.24, 2.45) is 0 Å². The van der Waals surface area contributed by atoms with Gasteiger partial charge < -0.3 is 4.81 Å². The summed E-state index contributed by atoms with van der Waals surface area (Å²) in [5.41, 5.74) is 19.2. The molecule has 3 nitrogen and oxygen atoms in total. The third kappa shape index (κ3) is 4.61. The summed E-state index contributed by atoms with van der Waals surface area (Å²) >= 11 is 0. The molecule has 0 saturated heterocycles. The van der Waals surface area contributed by atoms with Crippen LogP contribution in [0.4, 0.5) is 11.4 Å². The summed E-state index contributed by atoms with van der Waals surface area (Å²) in [6.45, 7) is 0.0782. The van der Waals surface area contributed by atoms with E-state index in [1.165, 1.54) is 66.8 Å². The van der Waals surface area contributed by atoms with Crippen molar-refractivity contribution in [3.63, 3.8) is 0 Å². The van der Waals surface area contributed by atoms with Crippen LogP contribution in [0, 0.1) is 0 Å². The van der Waals surface area contributed by atoms with Gasteiger partial charge in [0.05, 0.1) is 11.4 Å². The molecule has 0 unspecified atom stereocenters. The maximum atomic E-state index is 4.54. The Morgan fingerprint density at radius 1 is 0.340 bits per heavy atom. The molecule has 8 aromatic rings. The van der Waals surface area contributed by atoms with Crippen molar-refractivity contribution in [1.82, 2.24) is 9.97 Å². The second-order valence-electron chi connectivity index (χ2n) is 13.0. The fraction of sp³-hybridized carbons (Fsp3) is 0. The SMILES string of the molecule is c1ccc(-c2ccc(-c3ccc4c(c3)-c3ccccc3B3c5ccccc5-c5cc(-c6ccc(-c7ccccn7)cc6)ccc5N34)cc2)nc1. The first-order valence-corrected chi connectivity index (χ1v) is 17.1. The Balaban J connectivity index is 1.09. The molecular formula is C46H30BN3. The first-order valence-electron chi connectivity index (χ1n) is 17.1. The molecule has 0 bridgehead atoms. The van der Waals surface area contributed by atoms with Gasteiger partial charge in [-0.15, -0.1) is 0 Å². The molecule has 2 aromatic heterocycles. The van der Waals surface area contributed by atoms with Gasteiger partial charge in [0.1, 0.15) is 0 Å². The third-order valence-corrected chi connectivity index (χ3v) is 10.2. The summed E-state index contributed by atoms with van der Waals surface area (Å²) in [6.07, 6.45) is 3.69. The Hall–Kier alpha value is -6.52. The van der Waals surface area contributed by atoms with Gasteiger partial charge in [0.25, 0.3) is 0 Å². The molecule has 0 amide bonds. The van der Waals surface area contributed by atoms with E-state index in [2.05, 4.69) is 160 Å². The monoisotopic (exact) mass is 635 g/mol. The maximum Gasteiger partial charge on any atom is 0.329 e. The van der Waals surface area contributed by atoms with E-state index < -0.39 is 0 Å². The Morgan fingerprint density at radius 2 is 0.740 bits per heavy atom.